The summed E-state index contributed by atoms with van der Waals surface area (Å²) in [7, 11) is 0.822. The highest BCUT2D eigenvalue weighted by atomic mass is 35.5. The van der Waals surface area contributed by atoms with E-state index in [2.05, 4.69) is 0 Å². The number of thioether (sulfide) groups is 1. The number of benzene rings is 1. The van der Waals surface area contributed by atoms with Crippen LogP contribution in [0, 0.1) is 5.82 Å². The lowest BCUT2D eigenvalue weighted by Crippen LogP contribution is -2.41. The fourth-order valence-electron chi connectivity index (χ4n) is 2.17. The molecular weight excluding hydrogens is 412 g/mol. The van der Waals surface area contributed by atoms with Gasteiger partial charge in [0.25, 0.3) is 5.56 Å². The second-order valence-corrected chi connectivity index (χ2v) is 7.44. The van der Waals surface area contributed by atoms with E-state index in [-0.39, 0.29) is 30.9 Å². The smallest absolute Gasteiger partial charge is 0.299 e. The molecule has 0 aliphatic rings. The van der Waals surface area contributed by atoms with Gasteiger partial charge in [0, 0.05) is 18.0 Å². The van der Waals surface area contributed by atoms with Gasteiger partial charge in [-0.25, -0.2) is 13.8 Å². The lowest BCUT2D eigenvalue weighted by atomic mass is 10.3. The van der Waals surface area contributed by atoms with Crippen LogP contribution in [0.15, 0.2) is 32.7 Å². The van der Waals surface area contributed by atoms with Crippen molar-refractivity contribution in [2.45, 2.75) is 30.2 Å². The molecule has 0 radical (unpaired) electrons. The number of nitrogens with zero attached hydrogens (tertiary/aromatic N) is 2. The average Bonchev–Trinajstić information content (AvgIpc) is 2.53. The van der Waals surface area contributed by atoms with Crippen LogP contribution in [0.2, 0.25) is 5.02 Å². The van der Waals surface area contributed by atoms with Crippen LogP contribution < -0.4 is 11.2 Å². The van der Waals surface area contributed by atoms with Crippen molar-refractivity contribution in [3.8, 4) is 5.69 Å². The van der Waals surface area contributed by atoms with Gasteiger partial charge < -0.3 is 0 Å². The summed E-state index contributed by atoms with van der Waals surface area (Å²) in [6.45, 7) is 2.92. The molecule has 2 aromatic rings. The van der Waals surface area contributed by atoms with Crippen LogP contribution in [-0.4, -0.2) is 20.2 Å². The Morgan fingerprint density at radius 2 is 1.81 bits per heavy atom. The molecule has 11 heteroatoms. The maximum atomic E-state index is 14.3. The number of rotatable bonds is 4. The first-order valence-electron chi connectivity index (χ1n) is 7.41. The molecule has 1 unspecified atom stereocenters. The second kappa shape index (κ2) is 7.51. The number of aromatic nitrogens is 2. The molecule has 5 nitrogen and oxygen atoms in total. The normalized spacial score (nSPS) is 12.9. The third-order valence-electron chi connectivity index (χ3n) is 3.73. The first-order chi connectivity index (χ1) is 12.3. The van der Waals surface area contributed by atoms with Crippen molar-refractivity contribution in [2.75, 3.05) is 0 Å². The fraction of sp³-hybridized carbons (Fsp3) is 0.312. The number of carbonyl (C=O) groups excluding carboxylic acids is 1. The van der Waals surface area contributed by atoms with E-state index in [1.165, 1.54) is 6.92 Å². The number of hydrogen-bond donors (Lipinski definition) is 0. The Labute approximate surface area is 159 Å². The van der Waals surface area contributed by atoms with E-state index in [1.807, 2.05) is 0 Å². The predicted octanol–water partition coefficient (Wildman–Crippen LogP) is 3.42. The van der Waals surface area contributed by atoms with Crippen molar-refractivity contribution in [1.29, 1.82) is 0 Å². The molecule has 2 rings (SSSR count). The van der Waals surface area contributed by atoms with E-state index in [9.17, 15) is 31.9 Å². The molecule has 27 heavy (non-hydrogen) atoms. The maximum Gasteiger partial charge on any atom is 0.431 e. The number of ketones is 1. The highest BCUT2D eigenvalue weighted by molar-refractivity contribution is 8.00. The molecule has 0 saturated heterocycles. The molecule has 1 aromatic carbocycles. The average molecular weight is 425 g/mol. The lowest BCUT2D eigenvalue weighted by molar-refractivity contribution is -0.144. The van der Waals surface area contributed by atoms with Crippen molar-refractivity contribution >= 4 is 29.1 Å². The Balaban J connectivity index is 2.73. The molecule has 146 valence electrons. The summed E-state index contributed by atoms with van der Waals surface area (Å²) in [5, 5.41) is -0.612. The van der Waals surface area contributed by atoms with Gasteiger partial charge in [0.2, 0.25) is 0 Å². The van der Waals surface area contributed by atoms with Gasteiger partial charge >= 0.3 is 11.9 Å². The Bertz CT molecular complexity index is 1030. The summed E-state index contributed by atoms with van der Waals surface area (Å²) in [4.78, 5) is 36.0. The monoisotopic (exact) mass is 424 g/mol. The number of hydrogen-bond acceptors (Lipinski definition) is 4. The fourth-order valence-corrected chi connectivity index (χ4v) is 3.35. The van der Waals surface area contributed by atoms with E-state index in [0.29, 0.717) is 0 Å². The highest BCUT2D eigenvalue weighted by Crippen LogP contribution is 2.34. The van der Waals surface area contributed by atoms with Gasteiger partial charge in [-0.3, -0.25) is 14.2 Å². The standard InChI is InChI=1S/C16H13ClF4N2O3S/c1-7(24)8(2)27-12-5-11(10(18)4-9(12)17)23-14(25)6-13(16(19,20)21)22(3)15(23)26/h4-6,8H,1-3H3. The molecule has 0 aliphatic carbocycles. The molecule has 0 saturated carbocycles. The summed E-state index contributed by atoms with van der Waals surface area (Å²) < 4.78 is 53.6. The summed E-state index contributed by atoms with van der Waals surface area (Å²) in [6, 6.07) is 2.09. The molecule has 0 fully saturated rings. The van der Waals surface area contributed by atoms with Gasteiger partial charge in [0.1, 0.15) is 17.3 Å². The maximum absolute atomic E-state index is 14.3. The van der Waals surface area contributed by atoms with Crippen LogP contribution >= 0.6 is 23.4 Å². The molecule has 1 heterocycles. The van der Waals surface area contributed by atoms with Gasteiger partial charge in [-0.2, -0.15) is 13.2 Å². The van der Waals surface area contributed by atoms with E-state index in [0.717, 1.165) is 30.9 Å². The summed E-state index contributed by atoms with van der Waals surface area (Å²) in [5.74, 6) is -1.26. The molecule has 1 atom stereocenters. The number of Topliss-reactive ketones (excluding diaryl/α,β-unsaturated/α-hetero) is 1. The second-order valence-electron chi connectivity index (χ2n) is 5.65. The molecule has 1 aromatic heterocycles. The van der Waals surface area contributed by atoms with Gasteiger partial charge in [-0.15, -0.1) is 11.8 Å². The number of alkyl halides is 3. The molecule has 0 bridgehead atoms. The van der Waals surface area contributed by atoms with Crippen LogP contribution in [-0.2, 0) is 18.0 Å². The number of halogens is 5. The van der Waals surface area contributed by atoms with Crippen LogP contribution in [0.3, 0.4) is 0 Å². The molecule has 0 spiro atoms. The zero-order valence-corrected chi connectivity index (χ0v) is 15.8. The molecule has 0 aliphatic heterocycles. The Morgan fingerprint density at radius 1 is 1.22 bits per heavy atom. The van der Waals surface area contributed by atoms with Crippen LogP contribution in [0.1, 0.15) is 19.5 Å². The first kappa shape index (κ1) is 21.2. The number of carbonyl (C=O) groups is 1. The Kier molecular flexibility index (Phi) is 5.91. The van der Waals surface area contributed by atoms with Crippen LogP contribution in [0.25, 0.3) is 5.69 Å². The van der Waals surface area contributed by atoms with E-state index < -0.39 is 39.9 Å². The van der Waals surface area contributed by atoms with Gasteiger partial charge in [-0.1, -0.05) is 11.6 Å². The summed E-state index contributed by atoms with van der Waals surface area (Å²) >= 11 is 6.91. The van der Waals surface area contributed by atoms with Crippen molar-refractivity contribution in [2.24, 2.45) is 7.05 Å². The lowest BCUT2D eigenvalue weighted by Gasteiger charge is -2.16. The predicted molar refractivity (Wildman–Crippen MR) is 93.2 cm³/mol. The highest BCUT2D eigenvalue weighted by Gasteiger charge is 2.35. The molecule has 0 amide bonds. The third-order valence-corrected chi connectivity index (χ3v) is 5.43. The van der Waals surface area contributed by atoms with Crippen molar-refractivity contribution in [1.82, 2.24) is 9.13 Å². The Hall–Kier alpha value is -2.07. The topological polar surface area (TPSA) is 61.1 Å². The van der Waals surface area contributed by atoms with E-state index in [4.69, 9.17) is 11.6 Å². The molecule has 0 N–H and O–H groups in total. The van der Waals surface area contributed by atoms with Gasteiger partial charge in [-0.05, 0) is 26.0 Å². The van der Waals surface area contributed by atoms with Crippen molar-refractivity contribution in [3.63, 3.8) is 0 Å². The van der Waals surface area contributed by atoms with Crippen molar-refractivity contribution in [3.05, 3.63) is 55.6 Å². The summed E-state index contributed by atoms with van der Waals surface area (Å²) in [6.07, 6.45) is -4.93. The first-order valence-corrected chi connectivity index (χ1v) is 8.67. The van der Waals surface area contributed by atoms with E-state index in [1.54, 1.807) is 6.92 Å². The zero-order valence-electron chi connectivity index (χ0n) is 14.2. The SMILES string of the molecule is CC(=O)C(C)Sc1cc(-n2c(=O)cc(C(F)(F)F)n(C)c2=O)c(F)cc1Cl. The third kappa shape index (κ3) is 4.27. The zero-order chi connectivity index (χ0) is 20.7. The minimum Gasteiger partial charge on any atom is -0.299 e. The summed E-state index contributed by atoms with van der Waals surface area (Å²) in [5.41, 5.74) is -4.73. The minimum absolute atomic E-state index is 0.0638. The van der Waals surface area contributed by atoms with Crippen molar-refractivity contribution < 1.29 is 22.4 Å². The Morgan fingerprint density at radius 3 is 2.33 bits per heavy atom. The van der Waals surface area contributed by atoms with Crippen LogP contribution in [0.5, 0.6) is 0 Å². The van der Waals surface area contributed by atoms with Gasteiger partial charge in [0.05, 0.1) is 16.0 Å². The van der Waals surface area contributed by atoms with Gasteiger partial charge in [0.15, 0.2) is 0 Å². The largest absolute Gasteiger partial charge is 0.431 e. The van der Waals surface area contributed by atoms with E-state index >= 15 is 0 Å². The quantitative estimate of drug-likeness (QED) is 0.557. The van der Waals surface area contributed by atoms with Crippen LogP contribution in [0.4, 0.5) is 17.6 Å². The minimum atomic E-state index is -4.93. The molecular formula is C16H13ClF4N2O3S.